The van der Waals surface area contributed by atoms with Gasteiger partial charge in [0.1, 0.15) is 4.90 Å². The van der Waals surface area contributed by atoms with E-state index in [9.17, 15) is 28.2 Å². The van der Waals surface area contributed by atoms with E-state index in [0.29, 0.717) is 0 Å². The molecular weight excluding hydrogens is 431 g/mol. The first-order chi connectivity index (χ1) is 13.1. The lowest BCUT2D eigenvalue weighted by atomic mass is 9.99. The minimum absolute atomic E-state index is 0.00865. The van der Waals surface area contributed by atoms with Gasteiger partial charge in [0.05, 0.1) is 16.1 Å². The zero-order chi connectivity index (χ0) is 20.6. The van der Waals surface area contributed by atoms with Crippen LogP contribution in [0.1, 0.15) is 20.7 Å². The van der Waals surface area contributed by atoms with Crippen molar-refractivity contribution in [3.63, 3.8) is 0 Å². The lowest BCUT2D eigenvalue weighted by molar-refractivity contribution is 0.0695. The number of benzene rings is 3. The third-order valence-electron chi connectivity index (χ3n) is 3.82. The number of carboxylic acid groups (broad SMARTS) is 2. The van der Waals surface area contributed by atoms with Crippen molar-refractivity contribution in [1.82, 2.24) is 0 Å². The summed E-state index contributed by atoms with van der Waals surface area (Å²) in [4.78, 5) is 22.6. The van der Waals surface area contributed by atoms with Crippen LogP contribution in [-0.2, 0) is 10.1 Å². The van der Waals surface area contributed by atoms with E-state index in [1.807, 2.05) is 0 Å². The van der Waals surface area contributed by atoms with Gasteiger partial charge in [-0.25, -0.2) is 9.59 Å². The van der Waals surface area contributed by atoms with Gasteiger partial charge in [-0.1, -0.05) is 35.3 Å². The summed E-state index contributed by atoms with van der Waals surface area (Å²) < 4.78 is 30.7. The minimum Gasteiger partial charge on any atom is -0.478 e. The van der Waals surface area contributed by atoms with Crippen molar-refractivity contribution in [2.24, 2.45) is 0 Å². The van der Waals surface area contributed by atoms with Crippen LogP contribution in [-0.4, -0.2) is 30.6 Å². The van der Waals surface area contributed by atoms with Crippen LogP contribution in [0.2, 0.25) is 10.0 Å². The molecule has 0 fully saturated rings. The van der Waals surface area contributed by atoms with Crippen LogP contribution in [0, 0.1) is 0 Å². The molecule has 0 aliphatic rings. The molecule has 144 valence electrons. The molecule has 0 aliphatic carbocycles. The SMILES string of the molecule is O=C(O)c1cccc2c(S(=O)(=O)Oc3cc(Cl)ccc3Cl)ccc(C(=O)O)c12. The largest absolute Gasteiger partial charge is 0.478 e. The van der Waals surface area contributed by atoms with E-state index in [-0.39, 0.29) is 37.7 Å². The smallest absolute Gasteiger partial charge is 0.339 e. The Hall–Kier alpha value is -2.81. The van der Waals surface area contributed by atoms with Gasteiger partial charge in [-0.3, -0.25) is 0 Å². The Morgan fingerprint density at radius 3 is 2.18 bits per heavy atom. The maximum Gasteiger partial charge on any atom is 0.339 e. The summed E-state index contributed by atoms with van der Waals surface area (Å²) >= 11 is 11.8. The Morgan fingerprint density at radius 2 is 1.54 bits per heavy atom. The van der Waals surface area contributed by atoms with Gasteiger partial charge in [0, 0.05) is 21.9 Å². The highest BCUT2D eigenvalue weighted by Gasteiger charge is 2.26. The van der Waals surface area contributed by atoms with Gasteiger partial charge in [-0.05, 0) is 30.3 Å². The zero-order valence-electron chi connectivity index (χ0n) is 13.7. The van der Waals surface area contributed by atoms with Crippen molar-refractivity contribution in [2.45, 2.75) is 4.90 Å². The number of hydrogen-bond donors (Lipinski definition) is 2. The summed E-state index contributed by atoms with van der Waals surface area (Å²) in [5.74, 6) is -3.03. The van der Waals surface area contributed by atoms with Crippen LogP contribution in [0.25, 0.3) is 10.8 Å². The second kappa shape index (κ2) is 7.31. The summed E-state index contributed by atoms with van der Waals surface area (Å²) in [7, 11) is -4.49. The second-order valence-electron chi connectivity index (χ2n) is 5.56. The number of rotatable bonds is 5. The lowest BCUT2D eigenvalue weighted by Crippen LogP contribution is -2.13. The van der Waals surface area contributed by atoms with E-state index < -0.39 is 27.0 Å². The molecule has 0 heterocycles. The highest BCUT2D eigenvalue weighted by Crippen LogP contribution is 2.34. The number of carboxylic acids is 2. The topological polar surface area (TPSA) is 118 Å². The molecule has 0 bridgehead atoms. The molecule has 0 aliphatic heterocycles. The molecule has 3 aromatic rings. The predicted molar refractivity (Wildman–Crippen MR) is 102 cm³/mol. The van der Waals surface area contributed by atoms with Crippen molar-refractivity contribution < 1.29 is 32.4 Å². The fraction of sp³-hybridized carbons (Fsp3) is 0. The fourth-order valence-electron chi connectivity index (χ4n) is 2.66. The van der Waals surface area contributed by atoms with Gasteiger partial charge in [0.2, 0.25) is 0 Å². The third-order valence-corrected chi connectivity index (χ3v) is 5.66. The Balaban J connectivity index is 2.27. The van der Waals surface area contributed by atoms with Crippen LogP contribution >= 0.6 is 23.2 Å². The molecule has 0 unspecified atom stereocenters. The Labute approximate surface area is 168 Å². The molecule has 0 aromatic heterocycles. The highest BCUT2D eigenvalue weighted by molar-refractivity contribution is 7.87. The maximum absolute atomic E-state index is 12.8. The molecule has 3 aromatic carbocycles. The number of halogens is 2. The molecule has 0 radical (unpaired) electrons. The molecule has 28 heavy (non-hydrogen) atoms. The third kappa shape index (κ3) is 3.62. The van der Waals surface area contributed by atoms with E-state index in [2.05, 4.69) is 0 Å². The fourth-order valence-corrected chi connectivity index (χ4v) is 4.16. The Morgan fingerprint density at radius 1 is 0.893 bits per heavy atom. The Kier molecular flexibility index (Phi) is 5.20. The first-order valence-electron chi connectivity index (χ1n) is 7.53. The molecule has 10 heteroatoms. The number of carbonyl (C=O) groups is 2. The van der Waals surface area contributed by atoms with Gasteiger partial charge in [0.25, 0.3) is 0 Å². The molecule has 3 rings (SSSR count). The molecule has 0 atom stereocenters. The van der Waals surface area contributed by atoms with E-state index in [1.54, 1.807) is 0 Å². The number of fused-ring (bicyclic) bond motifs is 1. The first-order valence-corrected chi connectivity index (χ1v) is 9.70. The summed E-state index contributed by atoms with van der Waals surface area (Å²) in [6.07, 6.45) is 0. The molecule has 0 saturated carbocycles. The highest BCUT2D eigenvalue weighted by atomic mass is 35.5. The molecule has 0 saturated heterocycles. The van der Waals surface area contributed by atoms with Gasteiger partial charge in [-0.15, -0.1) is 0 Å². The maximum atomic E-state index is 12.8. The summed E-state index contributed by atoms with van der Waals surface area (Å²) in [5, 5.41) is 18.6. The predicted octanol–water partition coefficient (Wildman–Crippen LogP) is 4.31. The van der Waals surface area contributed by atoms with Crippen molar-refractivity contribution in [2.75, 3.05) is 0 Å². The minimum atomic E-state index is -4.49. The van der Waals surface area contributed by atoms with E-state index in [1.165, 1.54) is 36.4 Å². The number of hydrogen-bond acceptors (Lipinski definition) is 5. The number of aromatic carboxylic acids is 2. The standard InChI is InChI=1S/C18H10Cl2O7S/c19-9-4-6-13(20)14(8-9)27-28(25,26)15-7-5-12(18(23)24)16-10(15)2-1-3-11(16)17(21)22/h1-8H,(H,21,22)(H,23,24). The average molecular weight is 441 g/mol. The normalized spacial score (nSPS) is 11.4. The summed E-state index contributed by atoms with van der Waals surface area (Å²) in [6, 6.07) is 9.83. The van der Waals surface area contributed by atoms with Gasteiger partial charge in [0.15, 0.2) is 5.75 Å². The monoisotopic (exact) mass is 440 g/mol. The molecule has 7 nitrogen and oxygen atoms in total. The van der Waals surface area contributed by atoms with Crippen molar-refractivity contribution in [3.05, 3.63) is 69.7 Å². The molecule has 0 spiro atoms. The van der Waals surface area contributed by atoms with Crippen LogP contribution in [0.15, 0.2) is 53.4 Å². The molecule has 0 amide bonds. The van der Waals surface area contributed by atoms with Crippen LogP contribution < -0.4 is 4.18 Å². The average Bonchev–Trinajstić information content (AvgIpc) is 2.62. The summed E-state index contributed by atoms with van der Waals surface area (Å²) in [6.45, 7) is 0. The van der Waals surface area contributed by atoms with Crippen molar-refractivity contribution in [1.29, 1.82) is 0 Å². The second-order valence-corrected chi connectivity index (χ2v) is 7.92. The Bertz CT molecular complexity index is 1220. The molecule has 2 N–H and O–H groups in total. The van der Waals surface area contributed by atoms with Crippen LogP contribution in [0.5, 0.6) is 5.75 Å². The molecular formula is C18H10Cl2O7S. The van der Waals surface area contributed by atoms with Gasteiger partial charge >= 0.3 is 22.1 Å². The van der Waals surface area contributed by atoms with E-state index in [0.717, 1.165) is 12.1 Å². The zero-order valence-corrected chi connectivity index (χ0v) is 16.0. The van der Waals surface area contributed by atoms with Gasteiger partial charge in [-0.2, -0.15) is 8.42 Å². The summed E-state index contributed by atoms with van der Waals surface area (Å²) in [5.41, 5.74) is -0.708. The van der Waals surface area contributed by atoms with Crippen molar-refractivity contribution >= 4 is 56.0 Å². The van der Waals surface area contributed by atoms with Crippen LogP contribution in [0.3, 0.4) is 0 Å². The van der Waals surface area contributed by atoms with Crippen molar-refractivity contribution in [3.8, 4) is 5.75 Å². The first kappa shape index (κ1) is 19.9. The van der Waals surface area contributed by atoms with Crippen LogP contribution in [0.4, 0.5) is 0 Å². The van der Waals surface area contributed by atoms with E-state index >= 15 is 0 Å². The quantitative estimate of drug-likeness (QED) is 0.567. The van der Waals surface area contributed by atoms with E-state index in [4.69, 9.17) is 27.4 Å². The van der Waals surface area contributed by atoms with Gasteiger partial charge < -0.3 is 14.4 Å². The lowest BCUT2D eigenvalue weighted by Gasteiger charge is -2.13.